The number of rotatable bonds is 5. The Bertz CT molecular complexity index is 584. The van der Waals surface area contributed by atoms with E-state index in [0.717, 1.165) is 17.9 Å². The van der Waals surface area contributed by atoms with Gasteiger partial charge in [0.2, 0.25) is 0 Å². The highest BCUT2D eigenvalue weighted by Gasteiger charge is 2.13. The van der Waals surface area contributed by atoms with Crippen LogP contribution in [0.3, 0.4) is 0 Å². The quantitative estimate of drug-likeness (QED) is 0.654. The van der Waals surface area contributed by atoms with Crippen molar-refractivity contribution >= 4 is 27.3 Å². The Labute approximate surface area is 118 Å². The number of hydrogen-bond donors (Lipinski definition) is 2. The fourth-order valence-corrected chi connectivity index (χ4v) is 2.22. The molecule has 2 rings (SSSR count). The lowest BCUT2D eigenvalue weighted by Crippen LogP contribution is -2.07. The van der Waals surface area contributed by atoms with Crippen LogP contribution in [0.5, 0.6) is 0 Å². The molecule has 19 heavy (non-hydrogen) atoms. The topological polar surface area (TPSA) is 83.8 Å². The number of nitrogens with one attached hydrogen (secondary N) is 2. The summed E-state index contributed by atoms with van der Waals surface area (Å²) in [4.78, 5) is 17.6. The number of aromatic nitrogens is 2. The molecule has 2 aromatic rings. The highest BCUT2D eigenvalue weighted by Crippen LogP contribution is 2.30. The Balaban J connectivity index is 2.04. The molecule has 2 N–H and O–H groups in total. The van der Waals surface area contributed by atoms with Crippen LogP contribution in [0.1, 0.15) is 11.4 Å². The minimum Gasteiger partial charge on any atom is -0.384 e. The smallest absolute Gasteiger partial charge is 0.273 e. The van der Waals surface area contributed by atoms with E-state index >= 15 is 0 Å². The summed E-state index contributed by atoms with van der Waals surface area (Å²) in [5, 5.41) is 14.0. The third-order valence-corrected chi connectivity index (χ3v) is 3.37. The first-order valence-electron chi connectivity index (χ1n) is 5.74. The maximum absolute atomic E-state index is 10.8. The van der Waals surface area contributed by atoms with Gasteiger partial charge in [0, 0.05) is 47.1 Å². The van der Waals surface area contributed by atoms with Crippen LogP contribution in [0, 0.1) is 17.0 Å². The van der Waals surface area contributed by atoms with Crippen molar-refractivity contribution in [3.05, 3.63) is 50.5 Å². The summed E-state index contributed by atoms with van der Waals surface area (Å²) in [5.41, 5.74) is 1.59. The van der Waals surface area contributed by atoms with Crippen LogP contribution in [-0.2, 0) is 6.42 Å². The summed E-state index contributed by atoms with van der Waals surface area (Å²) >= 11 is 3.34. The number of nitro groups is 1. The molecule has 0 aliphatic heterocycles. The zero-order chi connectivity index (χ0) is 13.8. The Hall–Kier alpha value is -1.89. The monoisotopic (exact) mass is 324 g/mol. The van der Waals surface area contributed by atoms with Gasteiger partial charge in [0.05, 0.1) is 4.92 Å². The Morgan fingerprint density at radius 3 is 2.95 bits per heavy atom. The summed E-state index contributed by atoms with van der Waals surface area (Å²) in [5.74, 6) is 0.905. The number of aromatic amines is 1. The van der Waals surface area contributed by atoms with Gasteiger partial charge in [-0.3, -0.25) is 10.1 Å². The molecule has 0 bridgehead atoms. The zero-order valence-electron chi connectivity index (χ0n) is 10.3. The summed E-state index contributed by atoms with van der Waals surface area (Å²) in [6.07, 6.45) is 4.25. The van der Waals surface area contributed by atoms with Gasteiger partial charge in [0.1, 0.15) is 5.82 Å². The van der Waals surface area contributed by atoms with E-state index in [1.54, 1.807) is 25.4 Å². The van der Waals surface area contributed by atoms with Gasteiger partial charge in [0.15, 0.2) is 0 Å². The van der Waals surface area contributed by atoms with E-state index in [-0.39, 0.29) is 10.6 Å². The molecule has 0 spiro atoms. The van der Waals surface area contributed by atoms with Gasteiger partial charge in [-0.15, -0.1) is 0 Å². The van der Waals surface area contributed by atoms with E-state index < -0.39 is 0 Å². The van der Waals surface area contributed by atoms with Crippen molar-refractivity contribution in [3.63, 3.8) is 0 Å². The van der Waals surface area contributed by atoms with E-state index in [1.165, 1.54) is 6.07 Å². The van der Waals surface area contributed by atoms with Crippen LogP contribution < -0.4 is 5.32 Å². The average molecular weight is 325 g/mol. The lowest BCUT2D eigenvalue weighted by molar-refractivity contribution is -0.385. The fourth-order valence-electron chi connectivity index (χ4n) is 1.75. The first kappa shape index (κ1) is 13.5. The normalized spacial score (nSPS) is 10.4. The van der Waals surface area contributed by atoms with Crippen molar-refractivity contribution in [1.82, 2.24) is 9.97 Å². The number of anilines is 1. The van der Waals surface area contributed by atoms with Gasteiger partial charge in [0.25, 0.3) is 5.69 Å². The molecule has 1 aromatic carbocycles. The largest absolute Gasteiger partial charge is 0.384 e. The number of hydrogen-bond acceptors (Lipinski definition) is 4. The van der Waals surface area contributed by atoms with Gasteiger partial charge < -0.3 is 10.3 Å². The molecule has 0 saturated heterocycles. The second-order valence-electron chi connectivity index (χ2n) is 4.09. The van der Waals surface area contributed by atoms with Crippen LogP contribution >= 0.6 is 15.9 Å². The summed E-state index contributed by atoms with van der Waals surface area (Å²) in [7, 11) is 0. The molecular formula is C12H13BrN4O2. The van der Waals surface area contributed by atoms with Gasteiger partial charge >= 0.3 is 0 Å². The lowest BCUT2D eigenvalue weighted by Gasteiger charge is -2.09. The van der Waals surface area contributed by atoms with Gasteiger partial charge in [-0.05, 0) is 28.9 Å². The van der Waals surface area contributed by atoms with E-state index in [1.807, 2.05) is 0 Å². The fraction of sp³-hybridized carbons (Fsp3) is 0.250. The zero-order valence-corrected chi connectivity index (χ0v) is 11.9. The number of nitro benzene ring substituents is 1. The van der Waals surface area contributed by atoms with Crippen LogP contribution in [0.25, 0.3) is 0 Å². The van der Waals surface area contributed by atoms with Gasteiger partial charge in [-0.25, -0.2) is 4.98 Å². The number of benzene rings is 1. The molecule has 0 radical (unpaired) electrons. The highest BCUT2D eigenvalue weighted by atomic mass is 79.9. The molecule has 0 fully saturated rings. The molecule has 100 valence electrons. The number of H-pyrrole nitrogens is 1. The second-order valence-corrected chi connectivity index (χ2v) is 4.94. The Kier molecular flexibility index (Phi) is 4.16. The number of imidazole rings is 1. The van der Waals surface area contributed by atoms with Crippen molar-refractivity contribution in [1.29, 1.82) is 0 Å². The molecule has 0 atom stereocenters. The first-order valence-corrected chi connectivity index (χ1v) is 6.54. The third-order valence-electron chi connectivity index (χ3n) is 2.71. The molecular weight excluding hydrogens is 312 g/mol. The maximum atomic E-state index is 10.8. The molecule has 0 aliphatic carbocycles. The molecule has 0 unspecified atom stereocenters. The van der Waals surface area contributed by atoms with Crippen LogP contribution in [0.15, 0.2) is 29.0 Å². The number of nitrogens with zero attached hydrogens (tertiary/aromatic N) is 2. The van der Waals surface area contributed by atoms with E-state index in [9.17, 15) is 10.1 Å². The molecule has 1 heterocycles. The third kappa shape index (κ3) is 3.31. The predicted molar refractivity (Wildman–Crippen MR) is 76.3 cm³/mol. The summed E-state index contributed by atoms with van der Waals surface area (Å²) in [6, 6.07) is 3.29. The SMILES string of the molecule is Cc1cc(NCCc2ncc[nH]2)c(Br)cc1[N+](=O)[O-]. The summed E-state index contributed by atoms with van der Waals surface area (Å²) < 4.78 is 0.684. The lowest BCUT2D eigenvalue weighted by atomic mass is 10.2. The maximum Gasteiger partial charge on any atom is 0.273 e. The molecule has 6 nitrogen and oxygen atoms in total. The first-order chi connectivity index (χ1) is 9.08. The molecule has 1 aromatic heterocycles. The van der Waals surface area contributed by atoms with Crippen LogP contribution in [-0.4, -0.2) is 21.4 Å². The molecule has 0 aliphatic rings. The highest BCUT2D eigenvalue weighted by molar-refractivity contribution is 9.10. The predicted octanol–water partition coefficient (Wildman–Crippen LogP) is 3.04. The number of aryl methyl sites for hydroxylation is 1. The Morgan fingerprint density at radius 1 is 1.53 bits per heavy atom. The number of halogens is 1. The van der Waals surface area contributed by atoms with E-state index in [2.05, 4.69) is 31.2 Å². The van der Waals surface area contributed by atoms with Crippen LogP contribution in [0.4, 0.5) is 11.4 Å². The Morgan fingerprint density at radius 2 is 2.32 bits per heavy atom. The van der Waals surface area contributed by atoms with E-state index in [0.29, 0.717) is 16.6 Å². The van der Waals surface area contributed by atoms with Gasteiger partial charge in [-0.1, -0.05) is 0 Å². The van der Waals surface area contributed by atoms with Crippen LogP contribution in [0.2, 0.25) is 0 Å². The second kappa shape index (κ2) is 5.83. The van der Waals surface area contributed by atoms with Crippen molar-refractivity contribution in [2.24, 2.45) is 0 Å². The minimum atomic E-state index is -0.382. The molecule has 0 saturated carbocycles. The molecule has 0 amide bonds. The van der Waals surface area contributed by atoms with Crippen molar-refractivity contribution in [2.75, 3.05) is 11.9 Å². The standard InChI is InChI=1S/C12H13BrN4O2/c1-8-6-10(9(13)7-11(8)17(18)19)14-3-2-12-15-4-5-16-12/h4-7,14H,2-3H2,1H3,(H,15,16). The van der Waals surface area contributed by atoms with E-state index in [4.69, 9.17) is 0 Å². The average Bonchev–Trinajstić information content (AvgIpc) is 2.85. The van der Waals surface area contributed by atoms with Crippen molar-refractivity contribution < 1.29 is 4.92 Å². The molecule has 7 heteroatoms. The van der Waals surface area contributed by atoms with Gasteiger partial charge in [-0.2, -0.15) is 0 Å². The van der Waals surface area contributed by atoms with Crippen molar-refractivity contribution in [2.45, 2.75) is 13.3 Å². The minimum absolute atomic E-state index is 0.114. The summed E-state index contributed by atoms with van der Waals surface area (Å²) in [6.45, 7) is 2.42. The van der Waals surface area contributed by atoms with Crippen molar-refractivity contribution in [3.8, 4) is 0 Å².